The number of carbonyl (C=O) groups is 2. The number of sulfonamides is 1. The van der Waals surface area contributed by atoms with Crippen molar-refractivity contribution in [2.45, 2.75) is 56.3 Å². The summed E-state index contributed by atoms with van der Waals surface area (Å²) in [4.78, 5) is 33.9. The molecular weight excluding hydrogens is 623 g/mol. The van der Waals surface area contributed by atoms with E-state index in [1.165, 1.54) is 42.7 Å². The Hall–Kier alpha value is -4.49. The van der Waals surface area contributed by atoms with Gasteiger partial charge in [0.1, 0.15) is 5.76 Å². The SMILES string of the molecule is CCOC(=O)c1c(CCc2ccc(C(F)(F)F)cc2)nc2c(c1-c1ccc(S(=O)(=O)NCc3ccco3)cc1)C(=O)N1CCC[C@@H]21. The van der Waals surface area contributed by atoms with E-state index in [0.717, 1.165) is 18.6 Å². The molecule has 13 heteroatoms. The molecule has 0 radical (unpaired) electrons. The highest BCUT2D eigenvalue weighted by molar-refractivity contribution is 7.89. The van der Waals surface area contributed by atoms with E-state index in [1.807, 2.05) is 0 Å². The molecule has 6 rings (SSSR count). The lowest BCUT2D eigenvalue weighted by Gasteiger charge is -2.18. The third-order valence-corrected chi connectivity index (χ3v) is 9.64. The number of alkyl halides is 3. The number of halogens is 3. The van der Waals surface area contributed by atoms with Gasteiger partial charge in [0.2, 0.25) is 10.0 Å². The van der Waals surface area contributed by atoms with Crippen LogP contribution < -0.4 is 4.72 Å². The second-order valence-electron chi connectivity index (χ2n) is 11.1. The topological polar surface area (TPSA) is 119 Å². The summed E-state index contributed by atoms with van der Waals surface area (Å²) in [5, 5.41) is 0. The van der Waals surface area contributed by atoms with Crippen LogP contribution in [-0.4, -0.2) is 43.3 Å². The third kappa shape index (κ3) is 6.04. The van der Waals surface area contributed by atoms with Crippen LogP contribution in [0.5, 0.6) is 0 Å². The Kier molecular flexibility index (Phi) is 8.47. The lowest BCUT2D eigenvalue weighted by atomic mass is 9.90. The minimum atomic E-state index is -4.46. The van der Waals surface area contributed by atoms with Crippen LogP contribution in [0.1, 0.15) is 74.8 Å². The fourth-order valence-corrected chi connectivity index (χ4v) is 7.02. The summed E-state index contributed by atoms with van der Waals surface area (Å²) in [7, 11) is -3.92. The number of fused-ring (bicyclic) bond motifs is 3. The number of hydrogen-bond donors (Lipinski definition) is 1. The molecule has 46 heavy (non-hydrogen) atoms. The van der Waals surface area contributed by atoms with Crippen LogP contribution >= 0.6 is 0 Å². The zero-order valence-corrected chi connectivity index (χ0v) is 25.6. The lowest BCUT2D eigenvalue weighted by Crippen LogP contribution is -2.23. The molecule has 1 N–H and O–H groups in total. The largest absolute Gasteiger partial charge is 0.468 e. The second kappa shape index (κ2) is 12.4. The molecular formula is C33H30F3N3O6S. The highest BCUT2D eigenvalue weighted by Crippen LogP contribution is 2.46. The fraction of sp³-hybridized carbons (Fsp3) is 0.303. The molecule has 9 nitrogen and oxygen atoms in total. The number of nitrogens with zero attached hydrogens (tertiary/aromatic N) is 2. The molecule has 0 bridgehead atoms. The Bertz CT molecular complexity index is 1870. The first kappa shape index (κ1) is 31.5. The van der Waals surface area contributed by atoms with Crippen LogP contribution in [-0.2, 0) is 40.3 Å². The van der Waals surface area contributed by atoms with Crippen LogP contribution in [0, 0.1) is 0 Å². The molecule has 2 aromatic carbocycles. The molecule has 4 aromatic rings. The summed E-state index contributed by atoms with van der Waals surface area (Å²) >= 11 is 0. The first-order valence-corrected chi connectivity index (χ1v) is 16.3. The molecule has 2 aliphatic heterocycles. The Labute approximate surface area is 263 Å². The van der Waals surface area contributed by atoms with Gasteiger partial charge in [-0.1, -0.05) is 24.3 Å². The number of nitrogens with one attached hydrogen (secondary N) is 1. The highest BCUT2D eigenvalue weighted by Gasteiger charge is 2.44. The van der Waals surface area contributed by atoms with Crippen molar-refractivity contribution in [2.24, 2.45) is 0 Å². The van der Waals surface area contributed by atoms with E-state index in [9.17, 15) is 31.2 Å². The van der Waals surface area contributed by atoms with Crippen molar-refractivity contribution in [2.75, 3.05) is 13.2 Å². The number of ether oxygens (including phenoxy) is 1. The van der Waals surface area contributed by atoms with Crippen molar-refractivity contribution in [1.82, 2.24) is 14.6 Å². The maximum atomic E-state index is 13.8. The predicted molar refractivity (Wildman–Crippen MR) is 160 cm³/mol. The summed E-state index contributed by atoms with van der Waals surface area (Å²) in [6.07, 6.45) is -1.07. The molecule has 2 aromatic heterocycles. The molecule has 240 valence electrons. The number of benzene rings is 2. The number of carbonyl (C=O) groups excluding carboxylic acids is 2. The van der Waals surface area contributed by atoms with Gasteiger partial charge in [0.05, 0.1) is 58.4 Å². The number of esters is 1. The quantitative estimate of drug-likeness (QED) is 0.206. The van der Waals surface area contributed by atoms with E-state index < -0.39 is 27.7 Å². The van der Waals surface area contributed by atoms with Gasteiger partial charge in [-0.3, -0.25) is 9.78 Å². The predicted octanol–water partition coefficient (Wildman–Crippen LogP) is 6.09. The minimum Gasteiger partial charge on any atom is -0.468 e. The van der Waals surface area contributed by atoms with Crippen LogP contribution in [0.2, 0.25) is 0 Å². The van der Waals surface area contributed by atoms with Crippen LogP contribution in [0.4, 0.5) is 13.2 Å². The molecule has 0 saturated carbocycles. The van der Waals surface area contributed by atoms with Gasteiger partial charge < -0.3 is 14.1 Å². The van der Waals surface area contributed by atoms with Crippen molar-refractivity contribution in [3.8, 4) is 11.1 Å². The van der Waals surface area contributed by atoms with Gasteiger partial charge in [0.15, 0.2) is 0 Å². The smallest absolute Gasteiger partial charge is 0.416 e. The molecule has 0 spiro atoms. The number of amides is 1. The Morgan fingerprint density at radius 3 is 2.46 bits per heavy atom. The second-order valence-corrected chi connectivity index (χ2v) is 12.8. The van der Waals surface area contributed by atoms with Crippen molar-refractivity contribution in [3.05, 3.63) is 106 Å². The van der Waals surface area contributed by atoms with E-state index >= 15 is 0 Å². The number of rotatable bonds is 10. The zero-order chi connectivity index (χ0) is 32.6. The molecule has 1 amide bonds. The van der Waals surface area contributed by atoms with E-state index in [1.54, 1.807) is 24.0 Å². The van der Waals surface area contributed by atoms with Crippen LogP contribution in [0.3, 0.4) is 0 Å². The van der Waals surface area contributed by atoms with Crippen molar-refractivity contribution in [3.63, 3.8) is 0 Å². The van der Waals surface area contributed by atoms with Crippen LogP contribution in [0.25, 0.3) is 11.1 Å². The highest BCUT2D eigenvalue weighted by atomic mass is 32.2. The van der Waals surface area contributed by atoms with Crippen LogP contribution in [0.15, 0.2) is 76.2 Å². The number of aromatic nitrogens is 1. The van der Waals surface area contributed by atoms with Gasteiger partial charge in [-0.15, -0.1) is 0 Å². The maximum Gasteiger partial charge on any atom is 0.416 e. The number of hydrogen-bond acceptors (Lipinski definition) is 7. The molecule has 4 heterocycles. The van der Waals surface area contributed by atoms with E-state index in [2.05, 4.69) is 4.72 Å². The number of aryl methyl sites for hydroxylation is 2. The molecule has 1 atom stereocenters. The zero-order valence-electron chi connectivity index (χ0n) is 24.8. The van der Waals surface area contributed by atoms with Gasteiger partial charge >= 0.3 is 12.1 Å². The summed E-state index contributed by atoms with van der Waals surface area (Å²) in [6.45, 7) is 2.19. The third-order valence-electron chi connectivity index (χ3n) is 8.22. The molecule has 1 fully saturated rings. The minimum absolute atomic E-state index is 0.0272. The lowest BCUT2D eigenvalue weighted by molar-refractivity contribution is -0.137. The first-order valence-electron chi connectivity index (χ1n) is 14.8. The molecule has 0 aliphatic carbocycles. The maximum absolute atomic E-state index is 13.8. The average molecular weight is 654 g/mol. The fourth-order valence-electron chi connectivity index (χ4n) is 6.03. The van der Waals surface area contributed by atoms with Gasteiger partial charge in [0.25, 0.3) is 5.91 Å². The molecule has 0 unspecified atom stereocenters. The average Bonchev–Trinajstić information content (AvgIpc) is 3.79. The Morgan fingerprint density at radius 1 is 1.07 bits per heavy atom. The standard InChI is InChI=1S/C33H30F3N3O6S/c1-2-44-32(41)28-25(16-9-20-7-12-22(13-8-20)33(34,35)36)38-30-26-6-3-17-39(26)31(40)29(30)27(28)21-10-14-24(15-11-21)46(42,43)37-19-23-5-4-18-45-23/h4-5,7-8,10-15,18,26,37H,2-3,6,9,16-17,19H2,1H3/t26-/m0/s1. The monoisotopic (exact) mass is 653 g/mol. The number of pyridine rings is 1. The normalized spacial score (nSPS) is 16.0. The van der Waals surface area contributed by atoms with Gasteiger partial charge in [-0.25, -0.2) is 17.9 Å². The molecule has 1 saturated heterocycles. The first-order chi connectivity index (χ1) is 22.0. The van der Waals surface area contributed by atoms with Gasteiger partial charge in [0, 0.05) is 12.1 Å². The number of furan rings is 1. The van der Waals surface area contributed by atoms with Gasteiger partial charge in [-0.05, 0) is 80.1 Å². The summed E-state index contributed by atoms with van der Waals surface area (Å²) in [6, 6.07) is 13.7. The van der Waals surface area contributed by atoms with E-state index in [-0.39, 0.29) is 54.0 Å². The van der Waals surface area contributed by atoms with Crippen molar-refractivity contribution < 1.29 is 40.3 Å². The van der Waals surface area contributed by atoms with Crippen molar-refractivity contribution >= 4 is 21.9 Å². The van der Waals surface area contributed by atoms with Crippen molar-refractivity contribution in [1.29, 1.82) is 0 Å². The van der Waals surface area contributed by atoms with Gasteiger partial charge in [-0.2, -0.15) is 13.2 Å². The van der Waals surface area contributed by atoms with E-state index in [0.29, 0.717) is 46.8 Å². The summed E-state index contributed by atoms with van der Waals surface area (Å²) in [5.41, 5.74) is 1.82. The Morgan fingerprint density at radius 2 is 1.80 bits per heavy atom. The van der Waals surface area contributed by atoms with E-state index in [4.69, 9.17) is 14.1 Å². The molecule has 2 aliphatic rings. The summed E-state index contributed by atoms with van der Waals surface area (Å²) < 4.78 is 78.4. The summed E-state index contributed by atoms with van der Waals surface area (Å²) in [5.74, 6) is -0.530. The Balaban J connectivity index is 1.41.